The first kappa shape index (κ1) is 19.1. The Morgan fingerprint density at radius 3 is 2.00 bits per heavy atom. The van der Waals surface area contributed by atoms with Crippen LogP contribution in [0.4, 0.5) is 0 Å². The van der Waals surface area contributed by atoms with Gasteiger partial charge in [0.1, 0.15) is 23.4 Å². The highest BCUT2D eigenvalue weighted by Crippen LogP contribution is 2.74. The van der Waals surface area contributed by atoms with E-state index in [1.165, 1.54) is 14.2 Å². The van der Waals surface area contributed by atoms with Crippen LogP contribution in [0.2, 0.25) is 0 Å². The monoisotopic (exact) mass is 398 g/mol. The van der Waals surface area contributed by atoms with Crippen molar-refractivity contribution in [2.75, 3.05) is 28.4 Å². The molecule has 3 atom stereocenters. The minimum absolute atomic E-state index is 0.413. The highest BCUT2D eigenvalue weighted by molar-refractivity contribution is 6.06. The lowest BCUT2D eigenvalue weighted by atomic mass is 9.96. The first-order valence-corrected chi connectivity index (χ1v) is 9.18. The van der Waals surface area contributed by atoms with Crippen LogP contribution in [-0.2, 0) is 19.1 Å². The molecule has 0 unspecified atom stereocenters. The zero-order valence-corrected chi connectivity index (χ0v) is 16.6. The molecule has 7 heteroatoms. The lowest BCUT2D eigenvalue weighted by molar-refractivity contribution is -0.163. The largest absolute Gasteiger partial charge is 0.497 e. The van der Waals surface area contributed by atoms with E-state index in [0.717, 1.165) is 11.1 Å². The number of esters is 2. The fraction of sp³-hybridized carbons (Fsp3) is 0.364. The topological polar surface area (TPSA) is 80.3 Å². The van der Waals surface area contributed by atoms with Gasteiger partial charge in [0.25, 0.3) is 0 Å². The van der Waals surface area contributed by atoms with Crippen molar-refractivity contribution in [1.82, 2.24) is 0 Å². The third kappa shape index (κ3) is 2.64. The molecule has 0 radical (unpaired) electrons. The molecule has 29 heavy (non-hydrogen) atoms. The van der Waals surface area contributed by atoms with Crippen LogP contribution in [0.1, 0.15) is 23.1 Å². The molecular weight excluding hydrogens is 376 g/mol. The van der Waals surface area contributed by atoms with Crippen molar-refractivity contribution in [1.29, 1.82) is 0 Å². The SMILES string of the molecule is COC(=O)C1(C(=O)OC)[C@@H]2[C@H]1c1ccc(OC)cc1O[C@H]2c1ccc(OC)cc1. The lowest BCUT2D eigenvalue weighted by Gasteiger charge is -2.26. The summed E-state index contributed by atoms with van der Waals surface area (Å²) >= 11 is 0. The van der Waals surface area contributed by atoms with E-state index in [4.69, 9.17) is 23.7 Å². The van der Waals surface area contributed by atoms with Crippen LogP contribution in [0.5, 0.6) is 17.2 Å². The Hall–Kier alpha value is -3.22. The standard InChI is InChI=1S/C22H22O7/c1-25-13-7-5-12(6-8-13)19-18-17(22(18,20(23)27-3)21(24)28-4)15-10-9-14(26-2)11-16(15)29-19/h5-11,17-19H,1-4H3/t17-,18-,19+/m1/s1. The van der Waals surface area contributed by atoms with Gasteiger partial charge in [0.05, 0.1) is 28.4 Å². The molecule has 0 bridgehead atoms. The second kappa shape index (κ2) is 6.99. The summed E-state index contributed by atoms with van der Waals surface area (Å²) in [6.45, 7) is 0. The van der Waals surface area contributed by atoms with Crippen LogP contribution < -0.4 is 14.2 Å². The van der Waals surface area contributed by atoms with Gasteiger partial charge >= 0.3 is 11.9 Å². The predicted molar refractivity (Wildman–Crippen MR) is 102 cm³/mol. The van der Waals surface area contributed by atoms with Gasteiger partial charge in [-0.05, 0) is 29.3 Å². The number of ether oxygens (including phenoxy) is 5. The average molecular weight is 398 g/mol. The Kier molecular flexibility index (Phi) is 4.61. The summed E-state index contributed by atoms with van der Waals surface area (Å²) in [5.74, 6) is -0.207. The van der Waals surface area contributed by atoms with Crippen molar-refractivity contribution in [3.63, 3.8) is 0 Å². The van der Waals surface area contributed by atoms with Crippen LogP contribution in [0.25, 0.3) is 0 Å². The Balaban J connectivity index is 1.86. The molecule has 7 nitrogen and oxygen atoms in total. The second-order valence-corrected chi connectivity index (χ2v) is 7.07. The number of rotatable bonds is 5. The quantitative estimate of drug-likeness (QED) is 0.566. The Morgan fingerprint density at radius 1 is 0.862 bits per heavy atom. The van der Waals surface area contributed by atoms with Crippen molar-refractivity contribution >= 4 is 11.9 Å². The summed E-state index contributed by atoms with van der Waals surface area (Å²) in [5, 5.41) is 0. The number of hydrogen-bond donors (Lipinski definition) is 0. The molecule has 2 aliphatic rings. The van der Waals surface area contributed by atoms with E-state index in [0.29, 0.717) is 17.2 Å². The smallest absolute Gasteiger partial charge is 0.324 e. The van der Waals surface area contributed by atoms with Gasteiger partial charge in [0, 0.05) is 17.9 Å². The highest BCUT2D eigenvalue weighted by Gasteiger charge is 2.81. The van der Waals surface area contributed by atoms with E-state index in [-0.39, 0.29) is 0 Å². The van der Waals surface area contributed by atoms with Gasteiger partial charge in [-0.2, -0.15) is 0 Å². The summed E-state index contributed by atoms with van der Waals surface area (Å²) < 4.78 is 26.9. The van der Waals surface area contributed by atoms with Crippen LogP contribution in [0.3, 0.4) is 0 Å². The average Bonchev–Trinajstić information content (AvgIpc) is 3.48. The number of fused-ring (bicyclic) bond motifs is 3. The van der Waals surface area contributed by atoms with Crippen LogP contribution >= 0.6 is 0 Å². The first-order chi connectivity index (χ1) is 14.0. The summed E-state index contributed by atoms with van der Waals surface area (Å²) in [6.07, 6.45) is -0.538. The van der Waals surface area contributed by atoms with Gasteiger partial charge in [0.2, 0.25) is 0 Å². The third-order valence-electron chi connectivity index (χ3n) is 5.89. The molecule has 0 N–H and O–H groups in total. The fourth-order valence-electron chi connectivity index (χ4n) is 4.49. The molecular formula is C22H22O7. The van der Waals surface area contributed by atoms with Gasteiger partial charge in [-0.1, -0.05) is 18.2 Å². The Morgan fingerprint density at radius 2 is 1.45 bits per heavy atom. The van der Waals surface area contributed by atoms with Gasteiger partial charge in [-0.15, -0.1) is 0 Å². The molecule has 0 saturated heterocycles. The molecule has 1 aliphatic carbocycles. The zero-order chi connectivity index (χ0) is 20.8. The third-order valence-corrected chi connectivity index (χ3v) is 5.89. The highest BCUT2D eigenvalue weighted by atomic mass is 16.6. The maximum atomic E-state index is 12.8. The maximum Gasteiger partial charge on any atom is 0.324 e. The number of carbonyl (C=O) groups is 2. The van der Waals surface area contributed by atoms with E-state index in [1.807, 2.05) is 30.3 Å². The normalized spacial score (nSPS) is 23.0. The molecule has 152 valence electrons. The van der Waals surface area contributed by atoms with Crippen LogP contribution in [0.15, 0.2) is 42.5 Å². The van der Waals surface area contributed by atoms with Crippen molar-refractivity contribution in [2.45, 2.75) is 12.0 Å². The van der Waals surface area contributed by atoms with Crippen molar-refractivity contribution in [3.8, 4) is 17.2 Å². The van der Waals surface area contributed by atoms with Gasteiger partial charge in [-0.25, -0.2) is 0 Å². The molecule has 0 spiro atoms. The number of hydrogen-bond acceptors (Lipinski definition) is 7. The van der Waals surface area contributed by atoms with Crippen LogP contribution in [-0.4, -0.2) is 40.4 Å². The molecule has 0 amide bonds. The lowest BCUT2D eigenvalue weighted by Crippen LogP contribution is -2.32. The molecule has 2 aromatic rings. The summed E-state index contributed by atoms with van der Waals surface area (Å²) in [7, 11) is 5.70. The van der Waals surface area contributed by atoms with Crippen LogP contribution in [0, 0.1) is 11.3 Å². The van der Waals surface area contributed by atoms with E-state index in [2.05, 4.69) is 0 Å². The zero-order valence-electron chi connectivity index (χ0n) is 16.6. The number of benzene rings is 2. The molecule has 4 rings (SSSR count). The first-order valence-electron chi connectivity index (χ1n) is 9.18. The van der Waals surface area contributed by atoms with Crippen molar-refractivity contribution in [2.24, 2.45) is 11.3 Å². The Bertz CT molecular complexity index is 934. The Labute approximate surface area is 168 Å². The number of methoxy groups -OCH3 is 4. The molecule has 0 aromatic heterocycles. The van der Waals surface area contributed by atoms with Crippen molar-refractivity contribution in [3.05, 3.63) is 53.6 Å². The van der Waals surface area contributed by atoms with E-state index >= 15 is 0 Å². The van der Waals surface area contributed by atoms with Gasteiger partial charge in [0.15, 0.2) is 5.41 Å². The van der Waals surface area contributed by atoms with E-state index in [9.17, 15) is 9.59 Å². The fourth-order valence-corrected chi connectivity index (χ4v) is 4.49. The minimum atomic E-state index is -1.45. The number of carbonyl (C=O) groups excluding carboxylic acids is 2. The molecule has 1 saturated carbocycles. The van der Waals surface area contributed by atoms with E-state index in [1.54, 1.807) is 26.4 Å². The second-order valence-electron chi connectivity index (χ2n) is 7.07. The summed E-state index contributed by atoms with van der Waals surface area (Å²) in [5.41, 5.74) is 0.133. The van der Waals surface area contributed by atoms with E-state index < -0.39 is 35.3 Å². The minimum Gasteiger partial charge on any atom is -0.497 e. The summed E-state index contributed by atoms with van der Waals surface area (Å²) in [6, 6.07) is 12.7. The van der Waals surface area contributed by atoms with Gasteiger partial charge in [-0.3, -0.25) is 9.59 Å². The maximum absolute atomic E-state index is 12.8. The predicted octanol–water partition coefficient (Wildman–Crippen LogP) is 2.88. The molecule has 2 aromatic carbocycles. The molecule has 1 heterocycles. The molecule has 1 fully saturated rings. The summed E-state index contributed by atoms with van der Waals surface area (Å²) in [4.78, 5) is 25.7. The van der Waals surface area contributed by atoms with Crippen molar-refractivity contribution < 1.29 is 33.3 Å². The van der Waals surface area contributed by atoms with Gasteiger partial charge < -0.3 is 23.7 Å². The molecule has 1 aliphatic heterocycles.